The number of hydrogen-bond acceptors (Lipinski definition) is 5. The van der Waals surface area contributed by atoms with E-state index in [9.17, 15) is 14.7 Å². The van der Waals surface area contributed by atoms with Gasteiger partial charge in [-0.05, 0) is 63.2 Å². The summed E-state index contributed by atoms with van der Waals surface area (Å²) in [6.45, 7) is 11.9. The molecular formula is C24H37N3O3S. The normalized spacial score (nSPS) is 33.2. The van der Waals surface area contributed by atoms with Crippen LogP contribution < -0.4 is 5.32 Å². The number of carbonyl (C=O) groups is 2. The van der Waals surface area contributed by atoms with Crippen LogP contribution in [0, 0.1) is 29.1 Å². The third-order valence-electron chi connectivity index (χ3n) is 8.21. The summed E-state index contributed by atoms with van der Waals surface area (Å²) in [4.78, 5) is 33.1. The van der Waals surface area contributed by atoms with Crippen molar-refractivity contribution in [2.24, 2.45) is 29.1 Å². The largest absolute Gasteiger partial charge is 0.392 e. The molecule has 3 aliphatic carbocycles. The number of rotatable bonds is 6. The molecule has 6 nitrogen and oxygen atoms in total. The molecule has 4 rings (SSSR count). The molecule has 1 aromatic heterocycles. The number of nitrogens with one attached hydrogen (secondary N) is 1. The predicted octanol–water partition coefficient (Wildman–Crippen LogP) is 4.05. The van der Waals surface area contributed by atoms with Gasteiger partial charge in [0, 0.05) is 35.7 Å². The Balaban J connectivity index is 1.55. The maximum absolute atomic E-state index is 13.0. The molecule has 0 aliphatic heterocycles. The molecule has 2 N–H and O–H groups in total. The highest BCUT2D eigenvalue weighted by Crippen LogP contribution is 2.57. The Kier molecular flexibility index (Phi) is 6.21. The van der Waals surface area contributed by atoms with Crippen molar-refractivity contribution in [1.82, 2.24) is 9.88 Å². The van der Waals surface area contributed by atoms with Gasteiger partial charge < -0.3 is 15.3 Å². The number of fused-ring (bicyclic) bond motifs is 2. The van der Waals surface area contributed by atoms with Crippen molar-refractivity contribution in [2.45, 2.75) is 78.7 Å². The van der Waals surface area contributed by atoms with Crippen LogP contribution in [0.5, 0.6) is 0 Å². The number of aromatic nitrogens is 1. The molecule has 1 aromatic rings. The maximum atomic E-state index is 13.0. The quantitative estimate of drug-likeness (QED) is 0.689. The number of aliphatic hydroxyl groups is 1. The molecule has 0 saturated heterocycles. The highest BCUT2D eigenvalue weighted by Gasteiger charge is 2.54. The topological polar surface area (TPSA) is 82.5 Å². The number of nitrogens with zero attached hydrogens (tertiary/aromatic N) is 2. The molecule has 0 radical (unpaired) electrons. The molecule has 2 saturated carbocycles. The van der Waals surface area contributed by atoms with Crippen molar-refractivity contribution in [3.05, 3.63) is 10.6 Å². The molecule has 0 bridgehead atoms. The van der Waals surface area contributed by atoms with Crippen LogP contribution in [0.1, 0.15) is 76.8 Å². The predicted molar refractivity (Wildman–Crippen MR) is 123 cm³/mol. The Labute approximate surface area is 189 Å². The number of aliphatic hydroxyl groups excluding tert-OH is 1. The first-order valence-electron chi connectivity index (χ1n) is 12.0. The van der Waals surface area contributed by atoms with Crippen LogP contribution in [-0.4, -0.2) is 46.0 Å². The fraction of sp³-hybridized carbons (Fsp3) is 0.792. The lowest BCUT2D eigenvalue weighted by Crippen LogP contribution is -2.53. The molecule has 1 heterocycles. The van der Waals surface area contributed by atoms with Gasteiger partial charge in [-0.2, -0.15) is 0 Å². The Hall–Kier alpha value is -1.47. The monoisotopic (exact) mass is 447 g/mol. The van der Waals surface area contributed by atoms with E-state index in [1.165, 1.54) is 4.88 Å². The minimum absolute atomic E-state index is 0.00932. The zero-order valence-electron chi connectivity index (χ0n) is 19.5. The van der Waals surface area contributed by atoms with Crippen molar-refractivity contribution < 1.29 is 14.7 Å². The minimum atomic E-state index is -0.525. The van der Waals surface area contributed by atoms with Gasteiger partial charge in [0.25, 0.3) is 0 Å². The molecule has 31 heavy (non-hydrogen) atoms. The Morgan fingerprint density at radius 2 is 1.97 bits per heavy atom. The first-order chi connectivity index (χ1) is 14.7. The number of hydrogen-bond donors (Lipinski definition) is 2. The van der Waals surface area contributed by atoms with Crippen LogP contribution in [-0.2, 0) is 16.0 Å². The van der Waals surface area contributed by atoms with Gasteiger partial charge in [-0.15, -0.1) is 11.3 Å². The van der Waals surface area contributed by atoms with Gasteiger partial charge in [-0.1, -0.05) is 20.8 Å². The van der Waals surface area contributed by atoms with Crippen molar-refractivity contribution in [3.8, 4) is 0 Å². The third kappa shape index (κ3) is 4.04. The first kappa shape index (κ1) is 22.7. The third-order valence-corrected chi connectivity index (χ3v) is 9.19. The molecule has 6 atom stereocenters. The lowest BCUT2D eigenvalue weighted by molar-refractivity contribution is -0.144. The smallest absolute Gasteiger partial charge is 0.229 e. The molecule has 0 spiro atoms. The average Bonchev–Trinajstić information content (AvgIpc) is 3.50. The highest BCUT2D eigenvalue weighted by atomic mass is 32.1. The second kappa shape index (κ2) is 8.47. The van der Waals surface area contributed by atoms with E-state index in [1.807, 2.05) is 25.7 Å². The zero-order chi connectivity index (χ0) is 22.5. The summed E-state index contributed by atoms with van der Waals surface area (Å²) in [6.07, 6.45) is 4.19. The van der Waals surface area contributed by atoms with Crippen molar-refractivity contribution in [3.63, 3.8) is 0 Å². The van der Waals surface area contributed by atoms with Gasteiger partial charge in [0.2, 0.25) is 11.8 Å². The minimum Gasteiger partial charge on any atom is -0.392 e. The lowest BCUT2D eigenvalue weighted by Gasteiger charge is -2.53. The van der Waals surface area contributed by atoms with E-state index in [1.54, 1.807) is 11.3 Å². The second-order valence-corrected chi connectivity index (χ2v) is 11.3. The molecule has 2 amide bonds. The zero-order valence-corrected chi connectivity index (χ0v) is 20.3. The van der Waals surface area contributed by atoms with Gasteiger partial charge in [-0.3, -0.25) is 9.59 Å². The molecule has 172 valence electrons. The van der Waals surface area contributed by atoms with Crippen LogP contribution >= 0.6 is 11.3 Å². The number of carbonyl (C=O) groups excluding carboxylic acids is 2. The lowest BCUT2D eigenvalue weighted by atomic mass is 9.53. The first-order valence-corrected chi connectivity index (χ1v) is 12.8. The van der Waals surface area contributed by atoms with Gasteiger partial charge in [-0.25, -0.2) is 4.98 Å². The Bertz CT molecular complexity index is 847. The fourth-order valence-electron chi connectivity index (χ4n) is 6.16. The van der Waals surface area contributed by atoms with Crippen LogP contribution in [0.25, 0.3) is 0 Å². The summed E-state index contributed by atoms with van der Waals surface area (Å²) in [5.41, 5.74) is 1.02. The van der Waals surface area contributed by atoms with E-state index in [-0.39, 0.29) is 46.8 Å². The van der Waals surface area contributed by atoms with Crippen molar-refractivity contribution >= 4 is 28.3 Å². The van der Waals surface area contributed by atoms with E-state index in [4.69, 9.17) is 4.98 Å². The second-order valence-electron chi connectivity index (χ2n) is 10.2. The van der Waals surface area contributed by atoms with Gasteiger partial charge in [0.15, 0.2) is 5.13 Å². The van der Waals surface area contributed by atoms with E-state index in [2.05, 4.69) is 19.2 Å². The van der Waals surface area contributed by atoms with Crippen LogP contribution in [0.3, 0.4) is 0 Å². The van der Waals surface area contributed by atoms with Crippen molar-refractivity contribution in [1.29, 1.82) is 0 Å². The van der Waals surface area contributed by atoms with E-state index >= 15 is 0 Å². The Morgan fingerprint density at radius 1 is 1.29 bits per heavy atom. The van der Waals surface area contributed by atoms with Crippen LogP contribution in [0.2, 0.25) is 0 Å². The molecule has 0 aromatic carbocycles. The van der Waals surface area contributed by atoms with E-state index < -0.39 is 6.10 Å². The maximum Gasteiger partial charge on any atom is 0.229 e. The number of amides is 2. The molecule has 3 aliphatic rings. The standard InChI is InChI=1S/C24H37N3O3S/c1-6-27(7-2)22(30)13(3)16-10-11-24(5)12-17-19(14(4)18(24)20(16)28)25-23(31-17)26-21(29)15-8-9-15/h13-16,18,20,28H,6-12H2,1-5H3,(H,25,26,29)/t13-,14-,16+,18+,20-,24-/m0/s1. The van der Waals surface area contributed by atoms with E-state index in [0.29, 0.717) is 18.2 Å². The van der Waals surface area contributed by atoms with Crippen molar-refractivity contribution in [2.75, 3.05) is 18.4 Å². The molecular weight excluding hydrogens is 410 g/mol. The summed E-state index contributed by atoms with van der Waals surface area (Å²) < 4.78 is 0. The van der Waals surface area contributed by atoms with Crippen LogP contribution in [0.15, 0.2) is 0 Å². The molecule has 7 heteroatoms. The highest BCUT2D eigenvalue weighted by molar-refractivity contribution is 7.15. The van der Waals surface area contributed by atoms with Crippen LogP contribution in [0.4, 0.5) is 5.13 Å². The van der Waals surface area contributed by atoms with Gasteiger partial charge >= 0.3 is 0 Å². The number of anilines is 1. The Morgan fingerprint density at radius 3 is 2.58 bits per heavy atom. The SMILES string of the molecule is CCN(CC)C(=O)[C@@H](C)[C@H]1CC[C@@]2(C)Cc3sc(NC(=O)C4CC4)nc3[C@@H](C)[C@@H]2[C@H]1O. The summed E-state index contributed by atoms with van der Waals surface area (Å²) >= 11 is 1.60. The summed E-state index contributed by atoms with van der Waals surface area (Å²) in [7, 11) is 0. The number of thiazole rings is 1. The molecule has 2 fully saturated rings. The average molecular weight is 448 g/mol. The van der Waals surface area contributed by atoms with Gasteiger partial charge in [0.05, 0.1) is 11.8 Å². The summed E-state index contributed by atoms with van der Waals surface area (Å²) in [5, 5.41) is 15.3. The molecule has 0 unspecified atom stereocenters. The summed E-state index contributed by atoms with van der Waals surface area (Å²) in [6, 6.07) is 0. The van der Waals surface area contributed by atoms with E-state index in [0.717, 1.165) is 37.8 Å². The fourth-order valence-corrected chi connectivity index (χ4v) is 7.43. The summed E-state index contributed by atoms with van der Waals surface area (Å²) in [5.74, 6) is 0.363. The van der Waals surface area contributed by atoms with Gasteiger partial charge in [0.1, 0.15) is 0 Å².